The molecule has 5 aromatic heterocycles. The first-order chi connectivity index (χ1) is 14.8. The number of imidazole rings is 1. The smallest absolute Gasteiger partial charge is 0.159 e. The van der Waals surface area contributed by atoms with Crippen LogP contribution in [0.15, 0.2) is 66.4 Å². The summed E-state index contributed by atoms with van der Waals surface area (Å²) in [5, 5.41) is 20.2. The average Bonchev–Trinajstić information content (AvgIpc) is 3.51. The zero-order valence-electron chi connectivity index (χ0n) is 15.5. The molecular weight excluding hydrogens is 396 g/mol. The first-order valence-electron chi connectivity index (χ1n) is 9.28. The monoisotopic (exact) mass is 410 g/mol. The van der Waals surface area contributed by atoms with Gasteiger partial charge in [-0.25, -0.2) is 4.98 Å². The average molecular weight is 410 g/mol. The van der Waals surface area contributed by atoms with Gasteiger partial charge in [-0.05, 0) is 29.6 Å². The van der Waals surface area contributed by atoms with Crippen molar-refractivity contribution in [1.29, 1.82) is 0 Å². The van der Waals surface area contributed by atoms with E-state index in [1.165, 1.54) is 11.1 Å². The summed E-state index contributed by atoms with van der Waals surface area (Å²) in [7, 11) is 0. The van der Waals surface area contributed by atoms with Crippen LogP contribution in [0.2, 0.25) is 0 Å². The van der Waals surface area contributed by atoms with Gasteiger partial charge >= 0.3 is 0 Å². The molecule has 0 amide bonds. The molecule has 30 heavy (non-hydrogen) atoms. The molecule has 7 nitrogen and oxygen atoms in total. The van der Waals surface area contributed by atoms with Crippen LogP contribution < -0.4 is 0 Å². The Morgan fingerprint density at radius 1 is 0.967 bits per heavy atom. The van der Waals surface area contributed by atoms with Crippen molar-refractivity contribution in [2.24, 2.45) is 0 Å². The molecule has 8 heteroatoms. The molecule has 0 aliphatic carbocycles. The molecular formula is C22H14N6OS. The van der Waals surface area contributed by atoms with E-state index in [1.54, 1.807) is 29.8 Å². The number of pyridine rings is 2. The summed E-state index contributed by atoms with van der Waals surface area (Å²) >= 11 is 1.69. The van der Waals surface area contributed by atoms with Crippen molar-refractivity contribution in [3.63, 3.8) is 0 Å². The summed E-state index contributed by atoms with van der Waals surface area (Å²) in [6.45, 7) is 0. The number of nitrogens with one attached hydrogen (secondary N) is 2. The molecule has 0 bridgehead atoms. The van der Waals surface area contributed by atoms with Gasteiger partial charge in [0.25, 0.3) is 0 Å². The lowest BCUT2D eigenvalue weighted by atomic mass is 10.1. The van der Waals surface area contributed by atoms with Crippen molar-refractivity contribution in [3.05, 3.63) is 66.4 Å². The lowest BCUT2D eigenvalue weighted by Crippen LogP contribution is -1.86. The Balaban J connectivity index is 1.52. The fraction of sp³-hybridized carbons (Fsp3) is 0. The van der Waals surface area contributed by atoms with Gasteiger partial charge in [-0.15, -0.1) is 11.3 Å². The van der Waals surface area contributed by atoms with Gasteiger partial charge in [-0.3, -0.25) is 15.1 Å². The number of rotatable bonds is 3. The third-order valence-corrected chi connectivity index (χ3v) is 5.89. The zero-order valence-corrected chi connectivity index (χ0v) is 16.3. The standard InChI is InChI=1S/C22H14N6OS/c29-13-7-12(9-23-10-13)17-8-15-18(11-24-17)27-28-21(15)22-25-16-4-1-3-14(20(16)26-22)19-5-2-6-30-19/h1-11,29H,(H,25,26)(H,27,28). The van der Waals surface area contributed by atoms with Crippen molar-refractivity contribution in [3.8, 4) is 39.0 Å². The van der Waals surface area contributed by atoms with Crippen molar-refractivity contribution < 1.29 is 5.11 Å². The summed E-state index contributed by atoms with van der Waals surface area (Å²) in [6.07, 6.45) is 4.79. The van der Waals surface area contributed by atoms with E-state index < -0.39 is 0 Å². The van der Waals surface area contributed by atoms with E-state index in [-0.39, 0.29) is 5.75 Å². The molecule has 0 aliphatic heterocycles. The van der Waals surface area contributed by atoms with E-state index in [0.717, 1.165) is 38.8 Å². The van der Waals surface area contributed by atoms with E-state index in [4.69, 9.17) is 4.98 Å². The second-order valence-electron chi connectivity index (χ2n) is 6.88. The number of fused-ring (bicyclic) bond motifs is 2. The van der Waals surface area contributed by atoms with Crippen LogP contribution in [0.4, 0.5) is 0 Å². The molecule has 6 rings (SSSR count). The molecule has 144 valence electrons. The second kappa shape index (κ2) is 6.50. The van der Waals surface area contributed by atoms with Crippen LogP contribution in [-0.2, 0) is 0 Å². The van der Waals surface area contributed by atoms with Crippen LogP contribution in [-0.4, -0.2) is 35.2 Å². The highest BCUT2D eigenvalue weighted by Gasteiger charge is 2.16. The Morgan fingerprint density at radius 3 is 2.80 bits per heavy atom. The fourth-order valence-corrected chi connectivity index (χ4v) is 4.35. The third kappa shape index (κ3) is 2.66. The number of benzene rings is 1. The number of aromatic amines is 2. The highest BCUT2D eigenvalue weighted by atomic mass is 32.1. The van der Waals surface area contributed by atoms with Gasteiger partial charge in [0, 0.05) is 27.6 Å². The second-order valence-corrected chi connectivity index (χ2v) is 7.83. The molecule has 1 aromatic carbocycles. The van der Waals surface area contributed by atoms with Gasteiger partial charge in [-0.1, -0.05) is 18.2 Å². The first-order valence-corrected chi connectivity index (χ1v) is 10.2. The minimum atomic E-state index is 0.0974. The lowest BCUT2D eigenvalue weighted by molar-refractivity contribution is 0.473. The minimum absolute atomic E-state index is 0.0974. The predicted molar refractivity (Wildman–Crippen MR) is 117 cm³/mol. The summed E-state index contributed by atoms with van der Waals surface area (Å²) in [6, 6.07) is 13.8. The van der Waals surface area contributed by atoms with Gasteiger partial charge in [0.1, 0.15) is 11.4 Å². The maximum atomic E-state index is 9.74. The molecule has 3 N–H and O–H groups in total. The summed E-state index contributed by atoms with van der Waals surface area (Å²) in [5.41, 5.74) is 5.92. The van der Waals surface area contributed by atoms with E-state index in [0.29, 0.717) is 11.5 Å². The Bertz CT molecular complexity index is 1520. The summed E-state index contributed by atoms with van der Waals surface area (Å²) in [4.78, 5) is 18.0. The van der Waals surface area contributed by atoms with Crippen LogP contribution >= 0.6 is 11.3 Å². The molecule has 6 aromatic rings. The third-order valence-electron chi connectivity index (χ3n) is 4.99. The molecule has 0 saturated heterocycles. The summed E-state index contributed by atoms with van der Waals surface area (Å²) < 4.78 is 0. The molecule has 0 unspecified atom stereocenters. The fourth-order valence-electron chi connectivity index (χ4n) is 3.60. The molecule has 0 radical (unpaired) electrons. The van der Waals surface area contributed by atoms with Crippen molar-refractivity contribution in [2.45, 2.75) is 0 Å². The largest absolute Gasteiger partial charge is 0.506 e. The van der Waals surface area contributed by atoms with Crippen LogP contribution in [0.25, 0.3) is 55.2 Å². The Morgan fingerprint density at radius 2 is 1.93 bits per heavy atom. The van der Waals surface area contributed by atoms with E-state index in [1.807, 2.05) is 24.3 Å². The first kappa shape index (κ1) is 16.9. The van der Waals surface area contributed by atoms with Gasteiger partial charge in [0.2, 0.25) is 0 Å². The Kier molecular flexibility index (Phi) is 3.65. The predicted octanol–water partition coefficient (Wildman–Crippen LogP) is 5.00. The van der Waals surface area contributed by atoms with Crippen molar-refractivity contribution >= 4 is 33.3 Å². The number of thiophene rings is 1. The number of aromatic hydroxyl groups is 1. The number of H-pyrrole nitrogens is 2. The molecule has 0 saturated carbocycles. The Labute approximate surface area is 174 Å². The Hall–Kier alpha value is -4.04. The van der Waals surface area contributed by atoms with Crippen molar-refractivity contribution in [2.75, 3.05) is 0 Å². The van der Waals surface area contributed by atoms with E-state index in [2.05, 4.69) is 42.7 Å². The van der Waals surface area contributed by atoms with Crippen LogP contribution in [0.5, 0.6) is 5.75 Å². The minimum Gasteiger partial charge on any atom is -0.506 e. The quantitative estimate of drug-likeness (QED) is 0.381. The molecule has 0 spiro atoms. The highest BCUT2D eigenvalue weighted by Crippen LogP contribution is 2.34. The van der Waals surface area contributed by atoms with Crippen molar-refractivity contribution in [1.82, 2.24) is 30.1 Å². The van der Waals surface area contributed by atoms with Crippen LogP contribution in [0, 0.1) is 0 Å². The van der Waals surface area contributed by atoms with E-state index in [9.17, 15) is 5.11 Å². The zero-order chi connectivity index (χ0) is 20.1. The number of aromatic nitrogens is 6. The molecule has 5 heterocycles. The van der Waals surface area contributed by atoms with Gasteiger partial charge in [-0.2, -0.15) is 5.10 Å². The topological polar surface area (TPSA) is 103 Å². The number of hydrogen-bond acceptors (Lipinski definition) is 6. The van der Waals surface area contributed by atoms with Gasteiger partial charge in [0.05, 0.1) is 34.6 Å². The lowest BCUT2D eigenvalue weighted by Gasteiger charge is -2.01. The molecule has 0 aliphatic rings. The highest BCUT2D eigenvalue weighted by molar-refractivity contribution is 7.13. The molecule has 0 fully saturated rings. The maximum absolute atomic E-state index is 9.74. The normalized spacial score (nSPS) is 11.5. The molecule has 0 atom stereocenters. The summed E-state index contributed by atoms with van der Waals surface area (Å²) in [5.74, 6) is 0.784. The van der Waals surface area contributed by atoms with Gasteiger partial charge < -0.3 is 10.1 Å². The SMILES string of the molecule is Oc1cncc(-c2cc3c(-c4nc5c(-c6cccs6)cccc5[nH]4)n[nH]c3cn2)c1. The van der Waals surface area contributed by atoms with E-state index >= 15 is 0 Å². The van der Waals surface area contributed by atoms with Gasteiger partial charge in [0.15, 0.2) is 5.82 Å². The number of hydrogen-bond donors (Lipinski definition) is 3. The van der Waals surface area contributed by atoms with Crippen LogP contribution in [0.1, 0.15) is 0 Å². The number of para-hydroxylation sites is 1. The maximum Gasteiger partial charge on any atom is 0.159 e. The van der Waals surface area contributed by atoms with Crippen LogP contribution in [0.3, 0.4) is 0 Å². The number of nitrogens with zero attached hydrogens (tertiary/aromatic N) is 4.